The van der Waals surface area contributed by atoms with Gasteiger partial charge in [0.05, 0.1) is 18.2 Å². The molecule has 0 bridgehead atoms. The van der Waals surface area contributed by atoms with Crippen LogP contribution in [0, 0.1) is 0 Å². The van der Waals surface area contributed by atoms with Crippen molar-refractivity contribution in [3.05, 3.63) is 76.3 Å². The summed E-state index contributed by atoms with van der Waals surface area (Å²) in [6, 6.07) is 16.0. The summed E-state index contributed by atoms with van der Waals surface area (Å²) in [6.45, 7) is 1.93. The van der Waals surface area contributed by atoms with Crippen molar-refractivity contribution in [2.75, 3.05) is 10.6 Å². The van der Waals surface area contributed by atoms with Crippen LogP contribution in [-0.2, 0) is 11.2 Å². The minimum Gasteiger partial charge on any atom is -0.349 e. The molecule has 0 radical (unpaired) electrons. The molecule has 28 heavy (non-hydrogen) atoms. The largest absolute Gasteiger partial charge is 0.349 e. The maximum Gasteiger partial charge on any atom is 0.325 e. The van der Waals surface area contributed by atoms with Crippen molar-refractivity contribution in [3.8, 4) is 0 Å². The first-order valence-electron chi connectivity index (χ1n) is 8.62. The summed E-state index contributed by atoms with van der Waals surface area (Å²) in [5, 5.41) is 11.1. The van der Waals surface area contributed by atoms with Gasteiger partial charge < -0.3 is 10.6 Å². The fraction of sp³-hybridized carbons (Fsp3) is 0.150. The summed E-state index contributed by atoms with van der Waals surface area (Å²) in [5.41, 5.74) is 2.26. The maximum atomic E-state index is 12.2. The van der Waals surface area contributed by atoms with Crippen molar-refractivity contribution in [1.29, 1.82) is 0 Å². The first kappa shape index (κ1) is 19.9. The zero-order valence-corrected chi connectivity index (χ0v) is 16.7. The number of aromatic nitrogens is 1. The number of hydrogen-bond acceptors (Lipinski definition) is 4. The number of hydrogen-bond donors (Lipinski definition) is 3. The molecule has 3 rings (SSSR count). The number of benzene rings is 2. The molecule has 0 unspecified atom stereocenters. The van der Waals surface area contributed by atoms with E-state index in [-0.39, 0.29) is 18.4 Å². The van der Waals surface area contributed by atoms with E-state index in [4.69, 9.17) is 11.6 Å². The number of amides is 3. The third-order valence-corrected chi connectivity index (χ3v) is 4.95. The van der Waals surface area contributed by atoms with E-state index in [1.807, 2.05) is 37.3 Å². The Morgan fingerprint density at radius 3 is 2.50 bits per heavy atom. The molecule has 0 aliphatic rings. The normalized spacial score (nSPS) is 11.5. The van der Waals surface area contributed by atoms with Crippen LogP contribution in [-0.4, -0.2) is 16.9 Å². The van der Waals surface area contributed by atoms with Gasteiger partial charge in [-0.2, -0.15) is 0 Å². The van der Waals surface area contributed by atoms with E-state index < -0.39 is 6.03 Å². The highest BCUT2D eigenvalue weighted by atomic mass is 35.5. The Kier molecular flexibility index (Phi) is 6.62. The molecule has 144 valence electrons. The molecule has 3 N–H and O–H groups in total. The number of nitrogens with one attached hydrogen (secondary N) is 3. The van der Waals surface area contributed by atoms with E-state index in [1.165, 1.54) is 11.3 Å². The first-order valence-corrected chi connectivity index (χ1v) is 9.87. The smallest absolute Gasteiger partial charge is 0.325 e. The first-order chi connectivity index (χ1) is 13.5. The molecule has 0 spiro atoms. The molecule has 0 saturated carbocycles. The predicted octanol–water partition coefficient (Wildman–Crippen LogP) is 4.86. The van der Waals surface area contributed by atoms with Crippen molar-refractivity contribution < 1.29 is 9.59 Å². The van der Waals surface area contributed by atoms with Gasteiger partial charge in [-0.3, -0.25) is 10.1 Å². The van der Waals surface area contributed by atoms with E-state index in [2.05, 4.69) is 20.9 Å². The van der Waals surface area contributed by atoms with Gasteiger partial charge in [0, 0.05) is 16.1 Å². The zero-order valence-electron chi connectivity index (χ0n) is 15.1. The Morgan fingerprint density at radius 1 is 1.07 bits per heavy atom. The lowest BCUT2D eigenvalue weighted by Crippen LogP contribution is -2.28. The van der Waals surface area contributed by atoms with Crippen LogP contribution >= 0.6 is 22.9 Å². The Balaban J connectivity index is 1.50. The lowest BCUT2D eigenvalue weighted by Gasteiger charge is -2.13. The highest BCUT2D eigenvalue weighted by Gasteiger charge is 2.13. The molecule has 0 saturated heterocycles. The quantitative estimate of drug-likeness (QED) is 0.538. The van der Waals surface area contributed by atoms with Gasteiger partial charge in [0.25, 0.3) is 0 Å². The van der Waals surface area contributed by atoms with Crippen LogP contribution in [0.15, 0.2) is 60.0 Å². The third kappa shape index (κ3) is 5.80. The number of carbonyl (C=O) groups is 2. The van der Waals surface area contributed by atoms with Crippen LogP contribution < -0.4 is 16.0 Å². The molecule has 1 aromatic heterocycles. The van der Waals surface area contributed by atoms with Gasteiger partial charge in [0.1, 0.15) is 0 Å². The minimum atomic E-state index is -0.412. The topological polar surface area (TPSA) is 83.1 Å². The molecule has 0 aliphatic heterocycles. The summed E-state index contributed by atoms with van der Waals surface area (Å²) in [6.07, 6.45) is 0.147. The number of thiazole rings is 1. The lowest BCUT2D eigenvalue weighted by atomic mass is 10.1. The Labute approximate surface area is 172 Å². The molecule has 1 atom stereocenters. The van der Waals surface area contributed by atoms with Gasteiger partial charge in [0.2, 0.25) is 5.91 Å². The SMILES string of the molecule is C[C@H](NC(=O)Cc1csc(NC(=O)Nc2ccc(Cl)cc2)n1)c1ccccc1. The van der Waals surface area contributed by atoms with Crippen LogP contribution in [0.5, 0.6) is 0 Å². The monoisotopic (exact) mass is 414 g/mol. The highest BCUT2D eigenvalue weighted by molar-refractivity contribution is 7.14. The van der Waals surface area contributed by atoms with E-state index in [9.17, 15) is 9.59 Å². The second-order valence-electron chi connectivity index (χ2n) is 6.11. The van der Waals surface area contributed by atoms with Crippen LogP contribution in [0.1, 0.15) is 24.2 Å². The number of nitrogens with zero attached hydrogens (tertiary/aromatic N) is 1. The van der Waals surface area contributed by atoms with Gasteiger partial charge in [-0.25, -0.2) is 9.78 Å². The second kappa shape index (κ2) is 9.34. The lowest BCUT2D eigenvalue weighted by molar-refractivity contribution is -0.121. The second-order valence-corrected chi connectivity index (χ2v) is 7.40. The van der Waals surface area contributed by atoms with Crippen LogP contribution in [0.4, 0.5) is 15.6 Å². The Bertz CT molecular complexity index is 944. The van der Waals surface area contributed by atoms with Gasteiger partial charge >= 0.3 is 6.03 Å². The molecule has 0 fully saturated rings. The van der Waals surface area contributed by atoms with Crippen molar-refractivity contribution in [3.63, 3.8) is 0 Å². The maximum absolute atomic E-state index is 12.2. The zero-order chi connectivity index (χ0) is 19.9. The molecule has 1 heterocycles. The molecule has 3 amide bonds. The molecule has 3 aromatic rings. The standard InChI is InChI=1S/C20H19ClN4O2S/c1-13(14-5-3-2-4-6-14)22-18(26)11-17-12-28-20(24-17)25-19(27)23-16-9-7-15(21)8-10-16/h2-10,12-13H,11H2,1H3,(H,22,26)(H2,23,24,25,27)/t13-/m0/s1. The molecular formula is C20H19ClN4O2S. The molecule has 0 aliphatic carbocycles. The summed E-state index contributed by atoms with van der Waals surface area (Å²) in [7, 11) is 0. The van der Waals surface area contributed by atoms with Crippen molar-refractivity contribution in [2.45, 2.75) is 19.4 Å². The molecular weight excluding hydrogens is 396 g/mol. The van der Waals surface area contributed by atoms with Gasteiger partial charge in [-0.1, -0.05) is 41.9 Å². The van der Waals surface area contributed by atoms with E-state index in [1.54, 1.807) is 29.6 Å². The average Bonchev–Trinajstić information content (AvgIpc) is 3.10. The average molecular weight is 415 g/mol. The van der Waals surface area contributed by atoms with Crippen LogP contribution in [0.2, 0.25) is 5.02 Å². The van der Waals surface area contributed by atoms with E-state index >= 15 is 0 Å². The van der Waals surface area contributed by atoms with E-state index in [0.29, 0.717) is 21.5 Å². The van der Waals surface area contributed by atoms with Crippen LogP contribution in [0.25, 0.3) is 0 Å². The Morgan fingerprint density at radius 2 is 1.79 bits per heavy atom. The van der Waals surface area contributed by atoms with Crippen LogP contribution in [0.3, 0.4) is 0 Å². The number of rotatable bonds is 6. The van der Waals surface area contributed by atoms with Crippen molar-refractivity contribution in [1.82, 2.24) is 10.3 Å². The highest BCUT2D eigenvalue weighted by Crippen LogP contribution is 2.18. The summed E-state index contributed by atoms with van der Waals surface area (Å²) >= 11 is 7.08. The fourth-order valence-corrected chi connectivity index (χ4v) is 3.35. The molecule has 8 heteroatoms. The van der Waals surface area contributed by atoms with E-state index in [0.717, 1.165) is 5.56 Å². The minimum absolute atomic E-state index is 0.0879. The summed E-state index contributed by atoms with van der Waals surface area (Å²) < 4.78 is 0. The van der Waals surface area contributed by atoms with Gasteiger partial charge in [-0.05, 0) is 36.8 Å². The molecule has 2 aromatic carbocycles. The predicted molar refractivity (Wildman–Crippen MR) is 113 cm³/mol. The van der Waals surface area contributed by atoms with Gasteiger partial charge in [0.15, 0.2) is 5.13 Å². The number of carbonyl (C=O) groups excluding carboxylic acids is 2. The molecule has 6 nitrogen and oxygen atoms in total. The van der Waals surface area contributed by atoms with Crippen molar-refractivity contribution in [2.24, 2.45) is 0 Å². The number of anilines is 2. The number of urea groups is 1. The van der Waals surface area contributed by atoms with Crippen molar-refractivity contribution >= 4 is 45.7 Å². The fourth-order valence-electron chi connectivity index (χ4n) is 2.52. The summed E-state index contributed by atoms with van der Waals surface area (Å²) in [5.74, 6) is -0.126. The Hall–Kier alpha value is -2.90. The number of halogens is 1. The third-order valence-electron chi connectivity index (χ3n) is 3.89. The van der Waals surface area contributed by atoms with Gasteiger partial charge in [-0.15, -0.1) is 11.3 Å². The summed E-state index contributed by atoms with van der Waals surface area (Å²) in [4.78, 5) is 28.6.